The van der Waals surface area contributed by atoms with Crippen LogP contribution >= 0.6 is 15.6 Å². The lowest BCUT2D eigenvalue weighted by Crippen LogP contribution is -2.30. The summed E-state index contributed by atoms with van der Waals surface area (Å²) < 4.78 is 47.7. The van der Waals surface area contributed by atoms with Gasteiger partial charge in [-0.3, -0.25) is 23.2 Å². The molecule has 0 saturated heterocycles. The molecule has 0 heterocycles. The van der Waals surface area contributed by atoms with Crippen molar-refractivity contribution in [1.29, 1.82) is 0 Å². The highest BCUT2D eigenvalue weighted by Gasteiger charge is 2.28. The van der Waals surface area contributed by atoms with Crippen LogP contribution in [0.5, 0.6) is 0 Å². The van der Waals surface area contributed by atoms with Gasteiger partial charge in [0.15, 0.2) is 6.10 Å². The molecule has 1 unspecified atom stereocenters. The third kappa shape index (κ3) is 42.0. The number of hydrogen-bond donors (Lipinski definition) is 4. The van der Waals surface area contributed by atoms with E-state index >= 15 is 0 Å². The number of phosphoric ester groups is 2. The zero-order valence-electron chi connectivity index (χ0n) is 34.9. The van der Waals surface area contributed by atoms with E-state index in [0.29, 0.717) is 12.8 Å². The average Bonchev–Trinajstić information content (AvgIpc) is 3.17. The third-order valence-electron chi connectivity index (χ3n) is 8.69. The molecule has 0 rings (SSSR count). The fourth-order valence-corrected chi connectivity index (χ4v) is 6.63. The number of phosphoric acid groups is 2. The van der Waals surface area contributed by atoms with Crippen LogP contribution in [-0.4, -0.2) is 70.4 Å². The molecule has 0 aliphatic heterocycles. The molecule has 0 aliphatic carbocycles. The van der Waals surface area contributed by atoms with Crippen LogP contribution in [0.25, 0.3) is 0 Å². The normalized spacial score (nSPS) is 14.6. The van der Waals surface area contributed by atoms with Crippen molar-refractivity contribution in [3.05, 3.63) is 48.6 Å². The highest BCUT2D eigenvalue weighted by Crippen LogP contribution is 2.43. The van der Waals surface area contributed by atoms with Gasteiger partial charge in [-0.1, -0.05) is 133 Å². The molecule has 0 aromatic rings. The Morgan fingerprint density at radius 2 is 0.965 bits per heavy atom. The van der Waals surface area contributed by atoms with Crippen molar-refractivity contribution < 1.29 is 61.6 Å². The molecular weight excluding hydrogens is 774 g/mol. The lowest BCUT2D eigenvalue weighted by atomic mass is 10.1. The van der Waals surface area contributed by atoms with E-state index in [2.05, 4.69) is 71.5 Å². The van der Waals surface area contributed by atoms with Crippen molar-refractivity contribution >= 4 is 27.6 Å². The zero-order valence-corrected chi connectivity index (χ0v) is 36.7. The minimum Gasteiger partial charge on any atom is -0.462 e. The first-order valence-corrected chi connectivity index (χ1v) is 24.4. The standard InChI is InChI=1S/C42H76O13P2/c1-3-5-7-9-11-13-15-17-19-21-23-25-27-29-31-33-41(44)51-37-40(38-54-57(49,50)53-36-39(43)35-52-56(46,47)48)55-42(45)34-32-30-28-26-24-22-20-18-16-14-12-10-8-6-4-2/h6,8,12-15,18,20,39-40,43H,3-5,7,9-11,16-17,19,21-38H2,1-2H3,(H,49,50)(H2,46,47,48)/b8-6-,14-12-,15-13-,20-18-/t39-,40+/m0/s1. The van der Waals surface area contributed by atoms with Gasteiger partial charge in [-0.2, -0.15) is 0 Å². The van der Waals surface area contributed by atoms with E-state index in [9.17, 15) is 28.7 Å². The van der Waals surface area contributed by atoms with Gasteiger partial charge in [0.25, 0.3) is 0 Å². The Kier molecular flexibility index (Phi) is 37.0. The minimum absolute atomic E-state index is 0.110. The summed E-state index contributed by atoms with van der Waals surface area (Å²) in [7, 11) is -9.67. The van der Waals surface area contributed by atoms with Crippen LogP contribution in [0, 0.1) is 0 Å². The predicted octanol–water partition coefficient (Wildman–Crippen LogP) is 10.7. The molecule has 0 aromatic heterocycles. The molecule has 0 amide bonds. The molecule has 0 aromatic carbocycles. The highest BCUT2D eigenvalue weighted by atomic mass is 31.2. The van der Waals surface area contributed by atoms with Crippen LogP contribution < -0.4 is 0 Å². The first-order valence-electron chi connectivity index (χ1n) is 21.3. The number of carbonyl (C=O) groups excluding carboxylic acids is 2. The predicted molar refractivity (Wildman–Crippen MR) is 225 cm³/mol. The van der Waals surface area contributed by atoms with Gasteiger partial charge in [0, 0.05) is 12.8 Å². The fourth-order valence-electron chi connectivity index (χ4n) is 5.47. The summed E-state index contributed by atoms with van der Waals surface area (Å²) >= 11 is 0. The van der Waals surface area contributed by atoms with Crippen molar-refractivity contribution in [3.8, 4) is 0 Å². The first-order chi connectivity index (χ1) is 27.4. The van der Waals surface area contributed by atoms with Crippen LogP contribution in [0.15, 0.2) is 48.6 Å². The van der Waals surface area contributed by atoms with Gasteiger partial charge in [-0.15, -0.1) is 0 Å². The van der Waals surface area contributed by atoms with E-state index in [4.69, 9.17) is 23.8 Å². The highest BCUT2D eigenvalue weighted by molar-refractivity contribution is 7.47. The van der Waals surface area contributed by atoms with Gasteiger partial charge in [0.1, 0.15) is 12.7 Å². The second-order valence-electron chi connectivity index (χ2n) is 14.2. The Balaban J connectivity index is 4.56. The smallest absolute Gasteiger partial charge is 0.462 e. The molecule has 0 bridgehead atoms. The number of aliphatic hydroxyl groups excluding tert-OH is 1. The van der Waals surface area contributed by atoms with E-state index < -0.39 is 66.2 Å². The molecule has 332 valence electrons. The monoisotopic (exact) mass is 850 g/mol. The molecular formula is C42H76O13P2. The van der Waals surface area contributed by atoms with Crippen LogP contribution in [0.1, 0.15) is 168 Å². The first kappa shape index (κ1) is 55.1. The Labute approximate surface area is 343 Å². The Hall–Kier alpha value is -1.92. The number of unbranched alkanes of at least 4 members (excludes halogenated alkanes) is 16. The van der Waals surface area contributed by atoms with Crippen LogP contribution in [0.4, 0.5) is 0 Å². The molecule has 0 fully saturated rings. The van der Waals surface area contributed by atoms with Crippen molar-refractivity contribution in [2.24, 2.45) is 0 Å². The Bertz CT molecular complexity index is 1200. The zero-order chi connectivity index (χ0) is 42.3. The lowest BCUT2D eigenvalue weighted by molar-refractivity contribution is -0.161. The molecule has 13 nitrogen and oxygen atoms in total. The number of esters is 2. The second kappa shape index (κ2) is 38.3. The summed E-state index contributed by atoms with van der Waals surface area (Å²) in [6, 6.07) is 0. The summed E-state index contributed by atoms with van der Waals surface area (Å²) in [5, 5.41) is 9.74. The molecule has 4 N–H and O–H groups in total. The van der Waals surface area contributed by atoms with Gasteiger partial charge in [0.2, 0.25) is 0 Å². The number of aliphatic hydroxyl groups is 1. The minimum atomic E-state index is -4.86. The van der Waals surface area contributed by atoms with E-state index in [0.717, 1.165) is 83.5 Å². The molecule has 0 radical (unpaired) electrons. The maximum Gasteiger partial charge on any atom is 0.472 e. The number of ether oxygens (including phenoxy) is 2. The largest absolute Gasteiger partial charge is 0.472 e. The van der Waals surface area contributed by atoms with Crippen LogP contribution in [0.2, 0.25) is 0 Å². The van der Waals surface area contributed by atoms with Gasteiger partial charge in [0.05, 0.1) is 19.8 Å². The maximum absolute atomic E-state index is 12.6. The molecule has 15 heteroatoms. The number of carbonyl (C=O) groups is 2. The van der Waals surface area contributed by atoms with E-state index in [1.807, 2.05) is 0 Å². The van der Waals surface area contributed by atoms with Crippen LogP contribution in [0.3, 0.4) is 0 Å². The van der Waals surface area contributed by atoms with Gasteiger partial charge in [-0.05, 0) is 70.6 Å². The van der Waals surface area contributed by atoms with Crippen molar-refractivity contribution in [1.82, 2.24) is 0 Å². The van der Waals surface area contributed by atoms with E-state index in [1.165, 1.54) is 44.9 Å². The van der Waals surface area contributed by atoms with Crippen molar-refractivity contribution in [2.45, 2.75) is 180 Å². The number of allylic oxidation sites excluding steroid dienone is 8. The molecule has 57 heavy (non-hydrogen) atoms. The summed E-state index contributed by atoms with van der Waals surface area (Å²) in [5.74, 6) is -1.06. The van der Waals surface area contributed by atoms with Gasteiger partial charge < -0.3 is 29.3 Å². The van der Waals surface area contributed by atoms with Crippen molar-refractivity contribution in [2.75, 3.05) is 26.4 Å². The van der Waals surface area contributed by atoms with Crippen LogP contribution in [-0.2, 0) is 41.8 Å². The summed E-state index contributed by atoms with van der Waals surface area (Å²) in [5.41, 5.74) is 0. The summed E-state index contributed by atoms with van der Waals surface area (Å²) in [6.07, 6.45) is 38.1. The number of rotatable bonds is 40. The molecule has 0 aliphatic rings. The van der Waals surface area contributed by atoms with Gasteiger partial charge in [-0.25, -0.2) is 9.13 Å². The Morgan fingerprint density at radius 3 is 1.51 bits per heavy atom. The topological polar surface area (TPSA) is 195 Å². The van der Waals surface area contributed by atoms with Crippen molar-refractivity contribution in [3.63, 3.8) is 0 Å². The fraction of sp³-hybridized carbons (Fsp3) is 0.762. The third-order valence-corrected chi connectivity index (χ3v) is 10.1. The Morgan fingerprint density at radius 1 is 0.526 bits per heavy atom. The van der Waals surface area contributed by atoms with E-state index in [-0.39, 0.29) is 12.8 Å². The summed E-state index contributed by atoms with van der Waals surface area (Å²) in [6.45, 7) is 1.61. The lowest BCUT2D eigenvalue weighted by Gasteiger charge is -2.20. The average molecular weight is 851 g/mol. The summed E-state index contributed by atoms with van der Waals surface area (Å²) in [4.78, 5) is 52.6. The quantitative estimate of drug-likeness (QED) is 0.0197. The number of hydrogen-bond acceptors (Lipinski definition) is 10. The second-order valence-corrected chi connectivity index (χ2v) is 16.9. The maximum atomic E-state index is 12.6. The molecule has 3 atom stereocenters. The molecule has 0 saturated carbocycles. The molecule has 0 spiro atoms. The van der Waals surface area contributed by atoms with Gasteiger partial charge >= 0.3 is 27.6 Å². The van der Waals surface area contributed by atoms with E-state index in [1.54, 1.807) is 0 Å². The SMILES string of the molecule is CC/C=C\C/C=C\C/C=C\CCCCCCCC(=O)O[C@H](COC(=O)CCCCCCCCC/C=C\CCCCCC)COP(=O)(O)OC[C@@H](O)COP(=O)(O)O.